The molecular weight excluding hydrogens is 152 g/mol. The molecule has 0 aliphatic carbocycles. The summed E-state index contributed by atoms with van der Waals surface area (Å²) in [6.45, 7) is 3.74. The smallest absolute Gasteiger partial charge is 0.119 e. The SMILES string of the molecule is CCOCCCCCCCC=O. The molecule has 72 valence electrons. The van der Waals surface area contributed by atoms with E-state index in [1.54, 1.807) is 0 Å². The zero-order valence-electron chi connectivity index (χ0n) is 8.05. The molecule has 0 aromatic heterocycles. The van der Waals surface area contributed by atoms with Crippen LogP contribution in [0.2, 0.25) is 0 Å². The van der Waals surface area contributed by atoms with Crippen LogP contribution in [-0.4, -0.2) is 19.5 Å². The second kappa shape index (κ2) is 10.6. The van der Waals surface area contributed by atoms with Gasteiger partial charge in [-0.1, -0.05) is 19.3 Å². The summed E-state index contributed by atoms with van der Waals surface area (Å²) in [7, 11) is 0. The Morgan fingerprint density at radius 3 is 2.42 bits per heavy atom. The molecule has 0 unspecified atom stereocenters. The van der Waals surface area contributed by atoms with Gasteiger partial charge in [-0.3, -0.25) is 0 Å². The van der Waals surface area contributed by atoms with Crippen molar-refractivity contribution in [1.82, 2.24) is 0 Å². The minimum atomic E-state index is 0.728. The number of aldehydes is 1. The van der Waals surface area contributed by atoms with Crippen LogP contribution < -0.4 is 0 Å². The molecule has 0 aromatic rings. The monoisotopic (exact) mass is 172 g/mol. The molecule has 0 fully saturated rings. The van der Waals surface area contributed by atoms with Gasteiger partial charge < -0.3 is 9.53 Å². The first-order valence-electron chi connectivity index (χ1n) is 4.93. The summed E-state index contributed by atoms with van der Waals surface area (Å²) in [5, 5.41) is 0. The number of hydrogen-bond donors (Lipinski definition) is 0. The molecule has 0 aliphatic rings. The zero-order valence-corrected chi connectivity index (χ0v) is 8.05. The van der Waals surface area contributed by atoms with E-state index < -0.39 is 0 Å². The summed E-state index contributed by atoms with van der Waals surface area (Å²) in [5.41, 5.74) is 0. The maximum atomic E-state index is 9.96. The van der Waals surface area contributed by atoms with Gasteiger partial charge in [-0.2, -0.15) is 0 Å². The van der Waals surface area contributed by atoms with Crippen molar-refractivity contribution in [3.63, 3.8) is 0 Å². The van der Waals surface area contributed by atoms with Crippen LogP contribution in [0.3, 0.4) is 0 Å². The molecule has 2 heteroatoms. The van der Waals surface area contributed by atoms with Crippen LogP contribution in [0.5, 0.6) is 0 Å². The van der Waals surface area contributed by atoms with Crippen molar-refractivity contribution >= 4 is 6.29 Å². The Balaban J connectivity index is 2.77. The predicted octanol–water partition coefficient (Wildman–Crippen LogP) is 2.56. The number of carbonyl (C=O) groups is 1. The van der Waals surface area contributed by atoms with E-state index in [1.807, 2.05) is 6.92 Å². The standard InChI is InChI=1S/C10H20O2/c1-2-12-10-8-6-4-3-5-7-9-11/h9H,2-8,10H2,1H3. The predicted molar refractivity (Wildman–Crippen MR) is 50.3 cm³/mol. The molecule has 0 aliphatic heterocycles. The summed E-state index contributed by atoms with van der Waals surface area (Å²) in [4.78, 5) is 9.96. The van der Waals surface area contributed by atoms with Crippen LogP contribution in [0.25, 0.3) is 0 Å². The third-order valence-corrected chi connectivity index (χ3v) is 1.81. The molecule has 0 spiro atoms. The van der Waals surface area contributed by atoms with E-state index in [4.69, 9.17) is 4.74 Å². The Morgan fingerprint density at radius 2 is 1.75 bits per heavy atom. The zero-order chi connectivity index (χ0) is 9.07. The number of rotatable bonds is 9. The lowest BCUT2D eigenvalue weighted by molar-refractivity contribution is -0.107. The van der Waals surface area contributed by atoms with Gasteiger partial charge in [-0.25, -0.2) is 0 Å². The summed E-state index contributed by atoms with van der Waals surface area (Å²) in [6, 6.07) is 0. The van der Waals surface area contributed by atoms with E-state index in [-0.39, 0.29) is 0 Å². The van der Waals surface area contributed by atoms with Gasteiger partial charge in [0.1, 0.15) is 6.29 Å². The number of unbranched alkanes of at least 4 members (excludes halogenated alkanes) is 5. The van der Waals surface area contributed by atoms with Gasteiger partial charge in [-0.15, -0.1) is 0 Å². The molecule has 0 saturated carbocycles. The lowest BCUT2D eigenvalue weighted by atomic mass is 10.1. The largest absolute Gasteiger partial charge is 0.382 e. The second-order valence-corrected chi connectivity index (χ2v) is 2.92. The Hall–Kier alpha value is -0.370. The molecule has 0 saturated heterocycles. The Kier molecular flexibility index (Phi) is 10.3. The average Bonchev–Trinajstić information content (AvgIpc) is 2.10. The fourth-order valence-corrected chi connectivity index (χ4v) is 1.11. The molecule has 2 nitrogen and oxygen atoms in total. The Bertz CT molecular complexity index is 91.8. The van der Waals surface area contributed by atoms with Crippen LogP contribution >= 0.6 is 0 Å². The van der Waals surface area contributed by atoms with Gasteiger partial charge in [0.15, 0.2) is 0 Å². The molecule has 12 heavy (non-hydrogen) atoms. The first-order chi connectivity index (χ1) is 5.91. The molecule has 0 N–H and O–H groups in total. The third-order valence-electron chi connectivity index (χ3n) is 1.81. The number of carbonyl (C=O) groups excluding carboxylic acids is 1. The summed E-state index contributed by atoms with van der Waals surface area (Å²) in [5.74, 6) is 0. The molecule has 0 heterocycles. The van der Waals surface area contributed by atoms with Gasteiger partial charge in [0.05, 0.1) is 0 Å². The maximum Gasteiger partial charge on any atom is 0.119 e. The van der Waals surface area contributed by atoms with Crippen LogP contribution in [0.4, 0.5) is 0 Å². The fraction of sp³-hybridized carbons (Fsp3) is 0.900. The van der Waals surface area contributed by atoms with Crippen molar-refractivity contribution in [2.45, 2.75) is 45.4 Å². The van der Waals surface area contributed by atoms with Crippen molar-refractivity contribution in [1.29, 1.82) is 0 Å². The second-order valence-electron chi connectivity index (χ2n) is 2.92. The first kappa shape index (κ1) is 11.6. The highest BCUT2D eigenvalue weighted by molar-refractivity contribution is 5.48. The van der Waals surface area contributed by atoms with E-state index in [1.165, 1.54) is 19.3 Å². The molecular formula is C10H20O2. The van der Waals surface area contributed by atoms with E-state index in [0.717, 1.165) is 38.8 Å². The van der Waals surface area contributed by atoms with E-state index in [2.05, 4.69) is 0 Å². The molecule has 0 bridgehead atoms. The molecule has 0 aromatic carbocycles. The van der Waals surface area contributed by atoms with Crippen molar-refractivity contribution in [2.75, 3.05) is 13.2 Å². The van der Waals surface area contributed by atoms with Gasteiger partial charge >= 0.3 is 0 Å². The highest BCUT2D eigenvalue weighted by Crippen LogP contribution is 2.04. The van der Waals surface area contributed by atoms with E-state index in [0.29, 0.717) is 0 Å². The van der Waals surface area contributed by atoms with Crippen molar-refractivity contribution in [3.8, 4) is 0 Å². The minimum absolute atomic E-state index is 0.728. The lowest BCUT2D eigenvalue weighted by Crippen LogP contribution is -1.92. The maximum absolute atomic E-state index is 9.96. The van der Waals surface area contributed by atoms with Crippen LogP contribution in [0.15, 0.2) is 0 Å². The molecule has 0 amide bonds. The summed E-state index contributed by atoms with van der Waals surface area (Å²) >= 11 is 0. The molecule has 0 rings (SSSR count). The quantitative estimate of drug-likeness (QED) is 0.394. The Morgan fingerprint density at radius 1 is 1.08 bits per heavy atom. The highest BCUT2D eigenvalue weighted by atomic mass is 16.5. The first-order valence-corrected chi connectivity index (χ1v) is 4.93. The van der Waals surface area contributed by atoms with E-state index in [9.17, 15) is 4.79 Å². The summed E-state index contributed by atoms with van der Waals surface area (Å²) < 4.78 is 5.21. The third kappa shape index (κ3) is 9.63. The van der Waals surface area contributed by atoms with Crippen molar-refractivity contribution in [2.24, 2.45) is 0 Å². The molecule has 0 radical (unpaired) electrons. The highest BCUT2D eigenvalue weighted by Gasteiger charge is 1.90. The van der Waals surface area contributed by atoms with Gasteiger partial charge in [0.25, 0.3) is 0 Å². The van der Waals surface area contributed by atoms with Gasteiger partial charge in [-0.05, 0) is 19.8 Å². The van der Waals surface area contributed by atoms with Crippen LogP contribution in [0, 0.1) is 0 Å². The average molecular weight is 172 g/mol. The van der Waals surface area contributed by atoms with Gasteiger partial charge in [0.2, 0.25) is 0 Å². The fourth-order valence-electron chi connectivity index (χ4n) is 1.11. The summed E-state index contributed by atoms with van der Waals surface area (Å²) in [6.07, 6.45) is 7.60. The van der Waals surface area contributed by atoms with Gasteiger partial charge in [0, 0.05) is 19.6 Å². The number of hydrogen-bond acceptors (Lipinski definition) is 2. The van der Waals surface area contributed by atoms with Crippen molar-refractivity contribution in [3.05, 3.63) is 0 Å². The lowest BCUT2D eigenvalue weighted by Gasteiger charge is -2.00. The Labute approximate surface area is 75.3 Å². The molecule has 0 atom stereocenters. The van der Waals surface area contributed by atoms with Crippen LogP contribution in [-0.2, 0) is 9.53 Å². The number of ether oxygens (including phenoxy) is 1. The normalized spacial score (nSPS) is 10.1. The topological polar surface area (TPSA) is 26.3 Å². The minimum Gasteiger partial charge on any atom is -0.382 e. The van der Waals surface area contributed by atoms with Crippen molar-refractivity contribution < 1.29 is 9.53 Å². The van der Waals surface area contributed by atoms with E-state index >= 15 is 0 Å². The van der Waals surface area contributed by atoms with Crippen LogP contribution in [0.1, 0.15) is 45.4 Å².